The van der Waals surface area contributed by atoms with Crippen LogP contribution in [-0.2, 0) is 9.47 Å². The third-order valence-corrected chi connectivity index (χ3v) is 6.07. The minimum absolute atomic E-state index is 0.171. The molecular weight excluding hydrogens is 442 g/mol. The van der Waals surface area contributed by atoms with Gasteiger partial charge in [-0.1, -0.05) is 17.3 Å². The average Bonchev–Trinajstić information content (AvgIpc) is 3.32. The van der Waals surface area contributed by atoms with Crippen molar-refractivity contribution < 1.29 is 50.3 Å². The van der Waals surface area contributed by atoms with Gasteiger partial charge >= 0.3 is 0 Å². The van der Waals surface area contributed by atoms with Crippen LogP contribution in [0, 0.1) is 0 Å². The van der Waals surface area contributed by atoms with Crippen LogP contribution in [0.1, 0.15) is 23.5 Å². The van der Waals surface area contributed by atoms with Crippen LogP contribution >= 0.6 is 0 Å². The van der Waals surface area contributed by atoms with Crippen LogP contribution in [0.2, 0.25) is 0 Å². The van der Waals surface area contributed by atoms with Gasteiger partial charge < -0.3 is 50.3 Å². The molecule has 0 radical (unpaired) electrons. The van der Waals surface area contributed by atoms with E-state index in [0.29, 0.717) is 11.3 Å². The largest absolute Gasteiger partial charge is 0.394 e. The normalized spacial score (nSPS) is 39.5. The van der Waals surface area contributed by atoms with Crippen molar-refractivity contribution in [1.29, 1.82) is 0 Å². The van der Waals surface area contributed by atoms with Crippen molar-refractivity contribution in [1.82, 2.24) is 15.0 Å². The molecule has 0 bridgehead atoms. The van der Waals surface area contributed by atoms with Gasteiger partial charge in [0, 0.05) is 0 Å². The summed E-state index contributed by atoms with van der Waals surface area (Å²) in [6, 6.07) is 6.47. The third-order valence-electron chi connectivity index (χ3n) is 6.07. The number of benzene rings is 1. The maximum atomic E-state index is 10.3. The van der Waals surface area contributed by atoms with E-state index < -0.39 is 74.3 Å². The summed E-state index contributed by atoms with van der Waals surface area (Å²) in [6.07, 6.45) is -11.6. The molecule has 2 aromatic rings. The molecular formula is C20H27N3O10. The van der Waals surface area contributed by atoms with Crippen LogP contribution < -0.4 is 0 Å². The molecule has 0 spiro atoms. The van der Waals surface area contributed by atoms with E-state index in [4.69, 9.17) is 9.47 Å². The number of hydrogen-bond acceptors (Lipinski definition) is 12. The molecule has 3 heterocycles. The fourth-order valence-electron chi connectivity index (χ4n) is 4.07. The SMILES string of the molecule is OC[C@H]1O[C@H](c2cn(-c3ccc([C@H]4O[C@H](CO)[C@@H](O)[C@H](O)[C@@H]4O)cc3)nn2)[C@H](O)[C@@H](O)[C@@H]1O. The highest BCUT2D eigenvalue weighted by Crippen LogP contribution is 2.33. The molecule has 13 nitrogen and oxygen atoms in total. The number of ether oxygens (including phenoxy) is 2. The summed E-state index contributed by atoms with van der Waals surface area (Å²) in [7, 11) is 0. The van der Waals surface area contributed by atoms with Crippen molar-refractivity contribution in [3.63, 3.8) is 0 Å². The lowest BCUT2D eigenvalue weighted by Crippen LogP contribution is -2.55. The average molecular weight is 469 g/mol. The number of rotatable bonds is 5. The minimum atomic E-state index is -1.54. The van der Waals surface area contributed by atoms with Gasteiger partial charge in [-0.25, -0.2) is 4.68 Å². The molecule has 0 amide bonds. The summed E-state index contributed by atoms with van der Waals surface area (Å²) in [4.78, 5) is 0. The van der Waals surface area contributed by atoms with E-state index in [1.54, 1.807) is 24.3 Å². The van der Waals surface area contributed by atoms with Crippen LogP contribution in [0.15, 0.2) is 30.5 Å². The lowest BCUT2D eigenvalue weighted by Gasteiger charge is -2.40. The first-order valence-corrected chi connectivity index (χ1v) is 10.4. The predicted molar refractivity (Wildman–Crippen MR) is 107 cm³/mol. The number of hydrogen-bond donors (Lipinski definition) is 8. The van der Waals surface area contributed by atoms with Gasteiger partial charge in [0.1, 0.15) is 66.7 Å². The van der Waals surface area contributed by atoms with E-state index in [1.807, 2.05) is 0 Å². The highest BCUT2D eigenvalue weighted by atomic mass is 16.6. The molecule has 13 heteroatoms. The summed E-state index contributed by atoms with van der Waals surface area (Å²) >= 11 is 0. The summed E-state index contributed by atoms with van der Waals surface area (Å²) in [5.74, 6) is 0. The molecule has 1 aromatic carbocycles. The zero-order valence-corrected chi connectivity index (χ0v) is 17.3. The van der Waals surface area contributed by atoms with Gasteiger partial charge in [-0.05, 0) is 17.7 Å². The quantitative estimate of drug-likeness (QED) is 0.213. The number of nitrogens with zero attached hydrogens (tertiary/aromatic N) is 3. The van der Waals surface area contributed by atoms with Crippen LogP contribution in [0.25, 0.3) is 5.69 Å². The van der Waals surface area contributed by atoms with E-state index in [9.17, 15) is 40.9 Å². The van der Waals surface area contributed by atoms with Crippen molar-refractivity contribution in [2.24, 2.45) is 0 Å². The van der Waals surface area contributed by atoms with Gasteiger partial charge in [0.2, 0.25) is 0 Å². The number of aromatic nitrogens is 3. The van der Waals surface area contributed by atoms with E-state index in [1.165, 1.54) is 10.9 Å². The van der Waals surface area contributed by atoms with Crippen molar-refractivity contribution in [3.8, 4) is 5.69 Å². The molecule has 0 unspecified atom stereocenters. The van der Waals surface area contributed by atoms with Crippen LogP contribution in [0.3, 0.4) is 0 Å². The first-order chi connectivity index (χ1) is 15.8. The lowest BCUT2D eigenvalue weighted by atomic mass is 9.91. The Morgan fingerprint density at radius 3 is 1.76 bits per heavy atom. The van der Waals surface area contributed by atoms with Crippen LogP contribution in [0.5, 0.6) is 0 Å². The summed E-state index contributed by atoms with van der Waals surface area (Å²) in [6.45, 7) is -1.09. The van der Waals surface area contributed by atoms with E-state index in [2.05, 4.69) is 10.3 Å². The molecule has 2 aliphatic heterocycles. The molecule has 33 heavy (non-hydrogen) atoms. The first-order valence-electron chi connectivity index (χ1n) is 10.4. The maximum Gasteiger partial charge on any atom is 0.132 e. The fraction of sp³-hybridized carbons (Fsp3) is 0.600. The second-order valence-corrected chi connectivity index (χ2v) is 8.18. The van der Waals surface area contributed by atoms with Crippen LogP contribution in [0.4, 0.5) is 0 Å². The second-order valence-electron chi connectivity index (χ2n) is 8.18. The van der Waals surface area contributed by atoms with Crippen molar-refractivity contribution >= 4 is 0 Å². The molecule has 0 saturated carbocycles. The smallest absolute Gasteiger partial charge is 0.132 e. The molecule has 4 rings (SSSR count). The predicted octanol–water partition coefficient (Wildman–Crippen LogP) is -3.70. The zero-order valence-electron chi connectivity index (χ0n) is 17.3. The standard InChI is InChI=1S/C20H27N3O10/c24-6-11-13(26)15(28)17(30)19(32-11)8-1-3-9(4-2-8)23-5-10(21-22-23)20-18(31)16(29)14(27)12(7-25)33-20/h1-5,11-20,24-31H,6-7H2/t11-,12-,13-,14-,15+,16+,17+,18-,19-,20-/m1/s1. The Morgan fingerprint density at radius 2 is 1.21 bits per heavy atom. The summed E-state index contributed by atoms with van der Waals surface area (Å²) in [5.41, 5.74) is 1.20. The molecule has 2 saturated heterocycles. The van der Waals surface area contributed by atoms with E-state index in [0.717, 1.165) is 0 Å². The van der Waals surface area contributed by atoms with Crippen molar-refractivity contribution in [2.75, 3.05) is 13.2 Å². The molecule has 2 fully saturated rings. The lowest BCUT2D eigenvalue weighted by molar-refractivity contribution is -0.232. The van der Waals surface area contributed by atoms with Gasteiger partial charge in [0.05, 0.1) is 25.1 Å². The zero-order chi connectivity index (χ0) is 23.9. The molecule has 182 valence electrons. The maximum absolute atomic E-state index is 10.3. The molecule has 2 aliphatic rings. The Balaban J connectivity index is 1.52. The molecule has 1 aromatic heterocycles. The number of aliphatic hydroxyl groups excluding tert-OH is 8. The highest BCUT2D eigenvalue weighted by Gasteiger charge is 2.45. The number of aliphatic hydroxyl groups is 8. The van der Waals surface area contributed by atoms with Crippen LogP contribution in [-0.4, -0.2) is 118 Å². The first kappa shape index (κ1) is 24.1. The Labute approximate surface area is 187 Å². The third kappa shape index (κ3) is 4.40. The van der Waals surface area contributed by atoms with Crippen molar-refractivity contribution in [3.05, 3.63) is 41.7 Å². The second kappa shape index (κ2) is 9.68. The van der Waals surface area contributed by atoms with E-state index in [-0.39, 0.29) is 5.69 Å². The topological polar surface area (TPSA) is 211 Å². The van der Waals surface area contributed by atoms with Gasteiger partial charge in [-0.3, -0.25) is 0 Å². The summed E-state index contributed by atoms with van der Waals surface area (Å²) in [5, 5.41) is 86.9. The highest BCUT2D eigenvalue weighted by molar-refractivity contribution is 5.35. The fourth-order valence-corrected chi connectivity index (χ4v) is 4.07. The van der Waals surface area contributed by atoms with E-state index >= 15 is 0 Å². The molecule has 0 aliphatic carbocycles. The minimum Gasteiger partial charge on any atom is -0.394 e. The summed E-state index contributed by atoms with van der Waals surface area (Å²) < 4.78 is 12.4. The Kier molecular flexibility index (Phi) is 7.07. The Morgan fingerprint density at radius 1 is 0.697 bits per heavy atom. The monoisotopic (exact) mass is 469 g/mol. The van der Waals surface area contributed by atoms with Crippen molar-refractivity contribution in [2.45, 2.75) is 61.0 Å². The molecule has 8 N–H and O–H groups in total. The van der Waals surface area contributed by atoms with Gasteiger partial charge in [0.25, 0.3) is 0 Å². The van der Waals surface area contributed by atoms with Gasteiger partial charge in [0.15, 0.2) is 0 Å². The Hall–Kier alpha value is -2.04. The Bertz CT molecular complexity index is 923. The van der Waals surface area contributed by atoms with Gasteiger partial charge in [-0.15, -0.1) is 5.10 Å². The van der Waals surface area contributed by atoms with Gasteiger partial charge in [-0.2, -0.15) is 0 Å². The molecule has 10 atom stereocenters.